The zero-order valence-electron chi connectivity index (χ0n) is 16.8. The van der Waals surface area contributed by atoms with Crippen molar-refractivity contribution in [3.05, 3.63) is 48.1 Å². The molecule has 0 bridgehead atoms. The summed E-state index contributed by atoms with van der Waals surface area (Å²) < 4.78 is 15.2. The Morgan fingerprint density at radius 1 is 1.21 bits per heavy atom. The number of fused-ring (bicyclic) bond motifs is 1. The minimum absolute atomic E-state index is 0.165. The normalized spacial score (nSPS) is 16.6. The van der Waals surface area contributed by atoms with Gasteiger partial charge in [-0.1, -0.05) is 6.07 Å². The summed E-state index contributed by atoms with van der Waals surface area (Å²) in [7, 11) is 1.64. The first kappa shape index (κ1) is 18.5. The average Bonchev–Trinajstić information content (AvgIpc) is 3.32. The Morgan fingerprint density at radius 3 is 2.82 bits per heavy atom. The Balaban J connectivity index is 1.56. The van der Waals surface area contributed by atoms with Gasteiger partial charge in [0.05, 0.1) is 12.6 Å². The van der Waals surface area contributed by atoms with Crippen molar-refractivity contribution < 1.29 is 9.47 Å². The molecule has 28 heavy (non-hydrogen) atoms. The summed E-state index contributed by atoms with van der Waals surface area (Å²) in [5.74, 6) is 4.45. The molecule has 3 aromatic rings. The third-order valence-corrected chi connectivity index (χ3v) is 4.90. The molecule has 0 amide bonds. The smallest absolute Gasteiger partial charge is 0.188 e. The summed E-state index contributed by atoms with van der Waals surface area (Å²) in [5, 5.41) is 9.04. The molecule has 0 saturated carbocycles. The van der Waals surface area contributed by atoms with Gasteiger partial charge in [0.2, 0.25) is 0 Å². The van der Waals surface area contributed by atoms with Crippen LogP contribution in [0.5, 0.6) is 11.5 Å². The fourth-order valence-corrected chi connectivity index (χ4v) is 3.48. The van der Waals surface area contributed by atoms with Crippen LogP contribution < -0.4 is 9.47 Å². The molecule has 0 spiro atoms. The largest absolute Gasteiger partial charge is 0.497 e. The standard InChI is InChI=1S/C20H26N6O2/c1-20(2,3)26-19(14-8-9-25-18(10-14)21-13-22-25)23-17(24-26)12-28-16-7-5-6-15(11-16)27-4/h5-7,11,13-14H,8-10,12H2,1-4H3. The van der Waals surface area contributed by atoms with Crippen LogP contribution in [-0.4, -0.2) is 36.6 Å². The van der Waals surface area contributed by atoms with Gasteiger partial charge in [0.25, 0.3) is 0 Å². The van der Waals surface area contributed by atoms with Crippen LogP contribution in [0.25, 0.3) is 0 Å². The molecule has 2 aromatic heterocycles. The number of rotatable bonds is 5. The molecule has 3 heterocycles. The molecule has 1 unspecified atom stereocenters. The predicted octanol–water partition coefficient (Wildman–Crippen LogP) is 2.94. The fraction of sp³-hybridized carbons (Fsp3) is 0.500. The van der Waals surface area contributed by atoms with E-state index in [1.165, 1.54) is 0 Å². The molecule has 0 fully saturated rings. The monoisotopic (exact) mass is 382 g/mol. The van der Waals surface area contributed by atoms with E-state index in [9.17, 15) is 0 Å². The van der Waals surface area contributed by atoms with Crippen LogP contribution in [0.3, 0.4) is 0 Å². The highest BCUT2D eigenvalue weighted by Crippen LogP contribution is 2.30. The molecule has 1 aromatic carbocycles. The molecule has 8 heteroatoms. The van der Waals surface area contributed by atoms with E-state index in [0.717, 1.165) is 42.5 Å². The minimum Gasteiger partial charge on any atom is -0.497 e. The summed E-state index contributed by atoms with van der Waals surface area (Å²) in [4.78, 5) is 9.23. The van der Waals surface area contributed by atoms with Gasteiger partial charge >= 0.3 is 0 Å². The van der Waals surface area contributed by atoms with Crippen LogP contribution in [0.15, 0.2) is 30.6 Å². The summed E-state index contributed by atoms with van der Waals surface area (Å²) in [6.45, 7) is 7.59. The van der Waals surface area contributed by atoms with Crippen molar-refractivity contribution in [2.45, 2.75) is 58.2 Å². The summed E-state index contributed by atoms with van der Waals surface area (Å²) in [6, 6.07) is 7.55. The lowest BCUT2D eigenvalue weighted by Crippen LogP contribution is -2.29. The van der Waals surface area contributed by atoms with E-state index in [0.29, 0.717) is 12.4 Å². The first-order valence-electron chi connectivity index (χ1n) is 9.54. The van der Waals surface area contributed by atoms with Gasteiger partial charge in [0.15, 0.2) is 5.82 Å². The first-order valence-corrected chi connectivity index (χ1v) is 9.54. The Morgan fingerprint density at radius 2 is 2.04 bits per heavy atom. The zero-order chi connectivity index (χ0) is 19.7. The molecule has 148 valence electrons. The van der Waals surface area contributed by atoms with E-state index in [1.807, 2.05) is 33.6 Å². The molecule has 0 N–H and O–H groups in total. The molecule has 8 nitrogen and oxygen atoms in total. The second-order valence-corrected chi connectivity index (χ2v) is 8.03. The van der Waals surface area contributed by atoms with Crippen molar-refractivity contribution in [2.75, 3.05) is 7.11 Å². The number of ether oxygens (including phenoxy) is 2. The minimum atomic E-state index is -0.165. The van der Waals surface area contributed by atoms with Crippen molar-refractivity contribution in [3.8, 4) is 11.5 Å². The lowest BCUT2D eigenvalue weighted by atomic mass is 9.96. The maximum Gasteiger partial charge on any atom is 0.188 e. The zero-order valence-corrected chi connectivity index (χ0v) is 16.8. The molecule has 4 rings (SSSR count). The van der Waals surface area contributed by atoms with Crippen molar-refractivity contribution in [3.63, 3.8) is 0 Å². The Labute approximate surface area is 164 Å². The van der Waals surface area contributed by atoms with Gasteiger partial charge in [-0.3, -0.25) is 4.68 Å². The molecule has 1 aliphatic heterocycles. The fourth-order valence-electron chi connectivity index (χ4n) is 3.48. The van der Waals surface area contributed by atoms with E-state index < -0.39 is 0 Å². The molecule has 1 atom stereocenters. The number of aromatic nitrogens is 6. The maximum absolute atomic E-state index is 5.90. The Bertz CT molecular complexity index is 956. The Kier molecular flexibility index (Phi) is 4.78. The molecular weight excluding hydrogens is 356 g/mol. The summed E-state index contributed by atoms with van der Waals surface area (Å²) >= 11 is 0. The third kappa shape index (κ3) is 3.72. The lowest BCUT2D eigenvalue weighted by Gasteiger charge is -2.27. The number of hydrogen-bond acceptors (Lipinski definition) is 6. The molecule has 0 radical (unpaired) electrons. The topological polar surface area (TPSA) is 79.9 Å². The van der Waals surface area contributed by atoms with Gasteiger partial charge in [0.1, 0.15) is 36.1 Å². The van der Waals surface area contributed by atoms with Gasteiger partial charge in [0, 0.05) is 24.9 Å². The molecule has 0 aliphatic carbocycles. The van der Waals surface area contributed by atoms with Gasteiger partial charge in [-0.05, 0) is 39.3 Å². The number of nitrogens with zero attached hydrogens (tertiary/aromatic N) is 6. The van der Waals surface area contributed by atoms with Crippen LogP contribution in [0.2, 0.25) is 0 Å². The SMILES string of the molecule is COc1cccc(OCc2nc(C3CCn4ncnc4C3)n(C(C)(C)C)n2)c1. The number of hydrogen-bond donors (Lipinski definition) is 0. The second-order valence-electron chi connectivity index (χ2n) is 8.03. The van der Waals surface area contributed by atoms with Crippen molar-refractivity contribution in [2.24, 2.45) is 0 Å². The van der Waals surface area contributed by atoms with Crippen LogP contribution in [-0.2, 0) is 25.1 Å². The van der Waals surface area contributed by atoms with Gasteiger partial charge in [-0.15, -0.1) is 0 Å². The quantitative estimate of drug-likeness (QED) is 0.675. The lowest BCUT2D eigenvalue weighted by molar-refractivity contribution is 0.285. The number of methoxy groups -OCH3 is 1. The third-order valence-electron chi connectivity index (χ3n) is 4.90. The van der Waals surface area contributed by atoms with Crippen molar-refractivity contribution in [1.82, 2.24) is 29.5 Å². The van der Waals surface area contributed by atoms with E-state index in [-0.39, 0.29) is 11.5 Å². The summed E-state index contributed by atoms with van der Waals surface area (Å²) in [6.07, 6.45) is 3.42. The van der Waals surface area contributed by atoms with Crippen molar-refractivity contribution >= 4 is 0 Å². The predicted molar refractivity (Wildman–Crippen MR) is 103 cm³/mol. The van der Waals surface area contributed by atoms with E-state index >= 15 is 0 Å². The average molecular weight is 382 g/mol. The van der Waals surface area contributed by atoms with Crippen LogP contribution in [0, 0.1) is 0 Å². The maximum atomic E-state index is 5.90. The van der Waals surface area contributed by atoms with Crippen LogP contribution in [0.1, 0.15) is 50.6 Å². The van der Waals surface area contributed by atoms with Crippen LogP contribution >= 0.6 is 0 Å². The van der Waals surface area contributed by atoms with E-state index in [1.54, 1.807) is 13.4 Å². The highest BCUT2D eigenvalue weighted by Gasteiger charge is 2.30. The second kappa shape index (κ2) is 7.26. The Hall–Kier alpha value is -2.90. The van der Waals surface area contributed by atoms with E-state index in [2.05, 4.69) is 30.9 Å². The van der Waals surface area contributed by atoms with Gasteiger partial charge in [-0.2, -0.15) is 10.2 Å². The van der Waals surface area contributed by atoms with Crippen molar-refractivity contribution in [1.29, 1.82) is 0 Å². The van der Waals surface area contributed by atoms with Crippen LogP contribution in [0.4, 0.5) is 0 Å². The highest BCUT2D eigenvalue weighted by molar-refractivity contribution is 5.32. The number of benzene rings is 1. The summed E-state index contributed by atoms with van der Waals surface area (Å²) in [5.41, 5.74) is -0.165. The van der Waals surface area contributed by atoms with Gasteiger partial charge < -0.3 is 9.47 Å². The first-order chi connectivity index (χ1) is 13.4. The molecule has 1 aliphatic rings. The van der Waals surface area contributed by atoms with E-state index in [4.69, 9.17) is 19.6 Å². The number of aryl methyl sites for hydroxylation is 1. The van der Waals surface area contributed by atoms with Gasteiger partial charge in [-0.25, -0.2) is 14.6 Å². The molecular formula is C20H26N6O2. The highest BCUT2D eigenvalue weighted by atomic mass is 16.5. The molecule has 0 saturated heterocycles.